The molecule has 2 rings (SSSR count). The smallest absolute Gasteiger partial charge is 0.289 e. The number of benzene rings is 1. The first-order valence-corrected chi connectivity index (χ1v) is 8.09. The van der Waals surface area contributed by atoms with Crippen LogP contribution in [0.25, 0.3) is 0 Å². The molecular formula is C16H20ClN5O3. The molecule has 134 valence electrons. The van der Waals surface area contributed by atoms with Crippen molar-refractivity contribution in [1.82, 2.24) is 14.7 Å². The Kier molecular flexibility index (Phi) is 6.11. The van der Waals surface area contributed by atoms with Crippen LogP contribution in [-0.2, 0) is 18.4 Å². The third-order valence-corrected chi connectivity index (χ3v) is 3.97. The molecule has 0 radical (unpaired) electrons. The fourth-order valence-corrected chi connectivity index (χ4v) is 2.51. The second-order valence-corrected chi connectivity index (χ2v) is 6.40. The van der Waals surface area contributed by atoms with Crippen molar-refractivity contribution in [3.8, 4) is 0 Å². The summed E-state index contributed by atoms with van der Waals surface area (Å²) in [6.45, 7) is 4.73. The van der Waals surface area contributed by atoms with Crippen LogP contribution in [0.5, 0.6) is 0 Å². The third kappa shape index (κ3) is 5.27. The Hall–Kier alpha value is -2.45. The van der Waals surface area contributed by atoms with Gasteiger partial charge in [-0.2, -0.15) is 5.10 Å². The number of carbonyl (C=O) groups excluding carboxylic acids is 1. The van der Waals surface area contributed by atoms with E-state index in [-0.39, 0.29) is 29.2 Å². The highest BCUT2D eigenvalue weighted by atomic mass is 35.5. The van der Waals surface area contributed by atoms with Crippen LogP contribution in [-0.4, -0.2) is 38.1 Å². The number of anilines is 1. The molecule has 0 spiro atoms. The van der Waals surface area contributed by atoms with Crippen LogP contribution < -0.4 is 5.32 Å². The molecule has 1 amide bonds. The molecule has 1 aromatic carbocycles. The van der Waals surface area contributed by atoms with Crippen molar-refractivity contribution in [3.05, 3.63) is 51.3 Å². The fourth-order valence-electron chi connectivity index (χ4n) is 2.32. The van der Waals surface area contributed by atoms with Crippen molar-refractivity contribution in [2.24, 2.45) is 7.05 Å². The number of aryl methyl sites for hydroxylation is 1. The standard InChI is InChI=1S/C16H20ClN5O3/c1-11(2)21(9-12-7-18-20(3)8-12)10-16(23)19-13-4-5-14(17)15(6-13)22(24)25/h4-8,11H,9-10H2,1-3H3,(H,19,23). The van der Waals surface area contributed by atoms with Crippen molar-refractivity contribution >= 4 is 28.9 Å². The molecular weight excluding hydrogens is 346 g/mol. The predicted molar refractivity (Wildman–Crippen MR) is 95.5 cm³/mol. The molecule has 2 aromatic rings. The zero-order valence-electron chi connectivity index (χ0n) is 14.3. The second-order valence-electron chi connectivity index (χ2n) is 5.99. The average Bonchev–Trinajstić information content (AvgIpc) is 2.93. The van der Waals surface area contributed by atoms with Gasteiger partial charge in [0.25, 0.3) is 5.69 Å². The molecule has 0 atom stereocenters. The van der Waals surface area contributed by atoms with Gasteiger partial charge in [0.2, 0.25) is 5.91 Å². The normalized spacial score (nSPS) is 11.1. The Morgan fingerprint density at radius 1 is 1.48 bits per heavy atom. The number of nitrogens with zero attached hydrogens (tertiary/aromatic N) is 4. The molecule has 0 aliphatic rings. The van der Waals surface area contributed by atoms with Crippen molar-refractivity contribution in [2.75, 3.05) is 11.9 Å². The Labute approximate surface area is 150 Å². The maximum Gasteiger partial charge on any atom is 0.289 e. The first-order chi connectivity index (χ1) is 11.8. The molecule has 0 saturated heterocycles. The average molecular weight is 366 g/mol. The van der Waals surface area contributed by atoms with Crippen LogP contribution in [0, 0.1) is 10.1 Å². The molecule has 0 aliphatic carbocycles. The fraction of sp³-hybridized carbons (Fsp3) is 0.375. The summed E-state index contributed by atoms with van der Waals surface area (Å²) in [5.74, 6) is -0.255. The Morgan fingerprint density at radius 2 is 2.20 bits per heavy atom. The molecule has 25 heavy (non-hydrogen) atoms. The number of amides is 1. The molecule has 9 heteroatoms. The number of nitrogens with one attached hydrogen (secondary N) is 1. The minimum absolute atomic E-state index is 0.0309. The van der Waals surface area contributed by atoms with Gasteiger partial charge < -0.3 is 5.32 Å². The van der Waals surface area contributed by atoms with Crippen LogP contribution in [0.4, 0.5) is 11.4 Å². The number of hydrogen-bond acceptors (Lipinski definition) is 5. The van der Waals surface area contributed by atoms with Crippen molar-refractivity contribution < 1.29 is 9.72 Å². The van der Waals surface area contributed by atoms with E-state index in [0.29, 0.717) is 12.2 Å². The minimum atomic E-state index is -0.583. The number of hydrogen-bond donors (Lipinski definition) is 1. The van der Waals surface area contributed by atoms with Gasteiger partial charge in [-0.25, -0.2) is 0 Å². The van der Waals surface area contributed by atoms with Gasteiger partial charge in [-0.15, -0.1) is 0 Å². The van der Waals surface area contributed by atoms with Crippen LogP contribution in [0.3, 0.4) is 0 Å². The van der Waals surface area contributed by atoms with Crippen LogP contribution in [0.15, 0.2) is 30.6 Å². The molecule has 0 unspecified atom stereocenters. The highest BCUT2D eigenvalue weighted by Gasteiger charge is 2.17. The molecule has 0 saturated carbocycles. The topological polar surface area (TPSA) is 93.3 Å². The zero-order valence-corrected chi connectivity index (χ0v) is 15.0. The van der Waals surface area contributed by atoms with E-state index in [1.807, 2.05) is 32.0 Å². The lowest BCUT2D eigenvalue weighted by Crippen LogP contribution is -2.37. The number of nitro groups is 1. The quantitative estimate of drug-likeness (QED) is 0.601. The van der Waals surface area contributed by atoms with Gasteiger partial charge in [-0.1, -0.05) is 11.6 Å². The first kappa shape index (κ1) is 18.9. The summed E-state index contributed by atoms with van der Waals surface area (Å²) < 4.78 is 1.71. The maximum absolute atomic E-state index is 12.3. The lowest BCUT2D eigenvalue weighted by atomic mass is 10.2. The zero-order chi connectivity index (χ0) is 18.6. The Balaban J connectivity index is 2.04. The van der Waals surface area contributed by atoms with E-state index < -0.39 is 4.92 Å². The first-order valence-electron chi connectivity index (χ1n) is 7.71. The van der Waals surface area contributed by atoms with E-state index in [1.54, 1.807) is 10.9 Å². The summed E-state index contributed by atoms with van der Waals surface area (Å²) in [4.78, 5) is 24.6. The van der Waals surface area contributed by atoms with Crippen LogP contribution >= 0.6 is 11.6 Å². The van der Waals surface area contributed by atoms with E-state index in [2.05, 4.69) is 10.4 Å². The molecule has 0 bridgehead atoms. The van der Waals surface area contributed by atoms with E-state index in [0.717, 1.165) is 5.56 Å². The highest BCUT2D eigenvalue weighted by molar-refractivity contribution is 6.32. The number of aromatic nitrogens is 2. The SMILES string of the molecule is CC(C)N(CC(=O)Nc1ccc(Cl)c([N+](=O)[O-])c1)Cc1cnn(C)c1. The van der Waals surface area contributed by atoms with Crippen LogP contribution in [0.2, 0.25) is 5.02 Å². The molecule has 0 fully saturated rings. The molecule has 1 aromatic heterocycles. The largest absolute Gasteiger partial charge is 0.325 e. The summed E-state index contributed by atoms with van der Waals surface area (Å²) >= 11 is 5.78. The lowest BCUT2D eigenvalue weighted by Gasteiger charge is -2.25. The Morgan fingerprint density at radius 3 is 2.76 bits per heavy atom. The van der Waals surface area contributed by atoms with Gasteiger partial charge in [0.05, 0.1) is 17.7 Å². The second kappa shape index (κ2) is 8.09. The number of halogens is 1. The summed E-state index contributed by atoms with van der Waals surface area (Å²) in [6.07, 6.45) is 3.66. The summed E-state index contributed by atoms with van der Waals surface area (Å²) in [5.41, 5.74) is 1.10. The minimum Gasteiger partial charge on any atom is -0.325 e. The highest BCUT2D eigenvalue weighted by Crippen LogP contribution is 2.27. The van der Waals surface area contributed by atoms with Gasteiger partial charge in [0, 0.05) is 43.1 Å². The van der Waals surface area contributed by atoms with Gasteiger partial charge in [0.1, 0.15) is 5.02 Å². The van der Waals surface area contributed by atoms with Gasteiger partial charge in [0.15, 0.2) is 0 Å². The molecule has 0 aliphatic heterocycles. The number of nitro benzene ring substituents is 1. The van der Waals surface area contributed by atoms with E-state index >= 15 is 0 Å². The summed E-state index contributed by atoms with van der Waals surface area (Å²) in [5, 5.41) is 17.8. The van der Waals surface area contributed by atoms with E-state index in [1.165, 1.54) is 18.2 Å². The van der Waals surface area contributed by atoms with E-state index in [4.69, 9.17) is 11.6 Å². The number of rotatable bonds is 7. The third-order valence-electron chi connectivity index (χ3n) is 3.65. The van der Waals surface area contributed by atoms with Crippen molar-refractivity contribution in [3.63, 3.8) is 0 Å². The Bertz CT molecular complexity index is 775. The molecule has 8 nitrogen and oxygen atoms in total. The monoisotopic (exact) mass is 365 g/mol. The predicted octanol–water partition coefficient (Wildman–Crippen LogP) is 2.83. The van der Waals surface area contributed by atoms with Gasteiger partial charge >= 0.3 is 0 Å². The van der Waals surface area contributed by atoms with Gasteiger partial charge in [-0.3, -0.25) is 24.5 Å². The van der Waals surface area contributed by atoms with Crippen LogP contribution in [0.1, 0.15) is 19.4 Å². The lowest BCUT2D eigenvalue weighted by molar-refractivity contribution is -0.384. The van der Waals surface area contributed by atoms with Crippen molar-refractivity contribution in [1.29, 1.82) is 0 Å². The molecule has 1 N–H and O–H groups in total. The number of carbonyl (C=O) groups is 1. The maximum atomic E-state index is 12.3. The summed E-state index contributed by atoms with van der Waals surface area (Å²) in [7, 11) is 1.84. The summed E-state index contributed by atoms with van der Waals surface area (Å²) in [6, 6.07) is 4.32. The van der Waals surface area contributed by atoms with Gasteiger partial charge in [-0.05, 0) is 26.0 Å². The van der Waals surface area contributed by atoms with E-state index in [9.17, 15) is 14.9 Å². The molecule has 1 heterocycles. The van der Waals surface area contributed by atoms with Crippen molar-refractivity contribution in [2.45, 2.75) is 26.4 Å².